The second kappa shape index (κ2) is 5.88. The van der Waals surface area contributed by atoms with Gasteiger partial charge < -0.3 is 5.32 Å². The van der Waals surface area contributed by atoms with Crippen LogP contribution < -0.4 is 5.32 Å². The predicted molar refractivity (Wildman–Crippen MR) is 74.6 cm³/mol. The normalized spacial score (nSPS) is 11.0. The number of nitrogens with one attached hydrogen (secondary N) is 1. The lowest BCUT2D eigenvalue weighted by molar-refractivity contribution is -0.116. The zero-order chi connectivity index (χ0) is 13.0. The molecule has 2 heterocycles. The number of aryl methyl sites for hydroxylation is 2. The summed E-state index contributed by atoms with van der Waals surface area (Å²) in [5, 5.41) is 8.58. The Hall–Kier alpha value is -1.53. The minimum atomic E-state index is -0.131. The second-order valence-electron chi connectivity index (χ2n) is 3.73. The van der Waals surface area contributed by atoms with E-state index in [9.17, 15) is 4.79 Å². The van der Waals surface area contributed by atoms with Crippen molar-refractivity contribution in [1.29, 1.82) is 0 Å². The average molecular weight is 279 g/mol. The van der Waals surface area contributed by atoms with Crippen molar-refractivity contribution >= 4 is 34.7 Å². The molecule has 0 spiro atoms. The van der Waals surface area contributed by atoms with Crippen molar-refractivity contribution in [2.24, 2.45) is 0 Å². The molecule has 0 saturated heterocycles. The van der Waals surface area contributed by atoms with Gasteiger partial charge in [-0.1, -0.05) is 0 Å². The summed E-state index contributed by atoms with van der Waals surface area (Å²) in [5.41, 5.74) is 1.80. The number of thiazole rings is 2. The van der Waals surface area contributed by atoms with Crippen LogP contribution in [0, 0.1) is 13.8 Å². The fraction of sp³-hybridized carbons (Fsp3) is 0.250. The summed E-state index contributed by atoms with van der Waals surface area (Å²) in [6.45, 7) is 4.34. The van der Waals surface area contributed by atoms with E-state index in [1.54, 1.807) is 28.7 Å². The molecule has 2 aromatic rings. The Bertz CT molecular complexity index is 571. The van der Waals surface area contributed by atoms with Crippen molar-refractivity contribution < 1.29 is 4.79 Å². The fourth-order valence-corrected chi connectivity index (χ4v) is 2.62. The van der Waals surface area contributed by atoms with Gasteiger partial charge in [-0.05, 0) is 19.9 Å². The van der Waals surface area contributed by atoms with Crippen LogP contribution in [-0.2, 0) is 11.3 Å². The van der Waals surface area contributed by atoms with E-state index in [4.69, 9.17) is 0 Å². The maximum Gasteiger partial charge on any atom is 0.244 e. The van der Waals surface area contributed by atoms with Crippen LogP contribution in [0.25, 0.3) is 6.08 Å². The number of rotatable bonds is 4. The highest BCUT2D eigenvalue weighted by atomic mass is 32.1. The first-order chi connectivity index (χ1) is 8.63. The van der Waals surface area contributed by atoms with Gasteiger partial charge in [0.15, 0.2) is 0 Å². The Morgan fingerprint density at radius 2 is 2.17 bits per heavy atom. The number of amides is 1. The lowest BCUT2D eigenvalue weighted by atomic mass is 10.4. The van der Waals surface area contributed by atoms with Crippen molar-refractivity contribution in [2.45, 2.75) is 20.4 Å². The van der Waals surface area contributed by atoms with Gasteiger partial charge in [0.25, 0.3) is 0 Å². The molecule has 0 fully saturated rings. The van der Waals surface area contributed by atoms with Crippen LogP contribution in [0.15, 0.2) is 16.8 Å². The number of hydrogen-bond acceptors (Lipinski definition) is 5. The highest BCUT2D eigenvalue weighted by molar-refractivity contribution is 7.09. The third-order valence-electron chi connectivity index (χ3n) is 2.12. The summed E-state index contributed by atoms with van der Waals surface area (Å²) in [6.07, 6.45) is 3.21. The maximum absolute atomic E-state index is 11.6. The second-order valence-corrected chi connectivity index (χ2v) is 5.73. The quantitative estimate of drug-likeness (QED) is 0.875. The van der Waals surface area contributed by atoms with Crippen molar-refractivity contribution in [1.82, 2.24) is 15.3 Å². The van der Waals surface area contributed by atoms with E-state index in [1.807, 2.05) is 24.6 Å². The van der Waals surface area contributed by atoms with Crippen molar-refractivity contribution in [2.75, 3.05) is 0 Å². The molecule has 0 radical (unpaired) electrons. The van der Waals surface area contributed by atoms with Gasteiger partial charge in [0.2, 0.25) is 5.91 Å². The highest BCUT2D eigenvalue weighted by Gasteiger charge is 2.01. The van der Waals surface area contributed by atoms with Gasteiger partial charge in [-0.3, -0.25) is 4.79 Å². The van der Waals surface area contributed by atoms with E-state index in [-0.39, 0.29) is 5.91 Å². The molecule has 18 heavy (non-hydrogen) atoms. The van der Waals surface area contributed by atoms with Gasteiger partial charge in [-0.2, -0.15) is 0 Å². The van der Waals surface area contributed by atoms with E-state index in [1.165, 1.54) is 6.08 Å². The standard InChI is InChI=1S/C12H13N3OS2/c1-8-6-18-12(14-8)5-13-11(16)4-3-10-7-17-9(2)15-10/h3-4,6-7H,5H2,1-2H3,(H,13,16). The van der Waals surface area contributed by atoms with Gasteiger partial charge in [0.1, 0.15) is 5.01 Å². The monoisotopic (exact) mass is 279 g/mol. The van der Waals surface area contributed by atoms with Crippen molar-refractivity contribution in [3.63, 3.8) is 0 Å². The van der Waals surface area contributed by atoms with Gasteiger partial charge in [0.05, 0.1) is 17.2 Å². The minimum Gasteiger partial charge on any atom is -0.346 e. The number of aromatic nitrogens is 2. The Balaban J connectivity index is 1.83. The van der Waals surface area contributed by atoms with Gasteiger partial charge in [-0.15, -0.1) is 22.7 Å². The van der Waals surface area contributed by atoms with Crippen molar-refractivity contribution in [3.05, 3.63) is 38.2 Å². The van der Waals surface area contributed by atoms with Gasteiger partial charge >= 0.3 is 0 Å². The van der Waals surface area contributed by atoms with Crippen LogP contribution in [0.5, 0.6) is 0 Å². The molecule has 0 bridgehead atoms. The number of carbonyl (C=O) groups excluding carboxylic acids is 1. The molecule has 1 amide bonds. The predicted octanol–water partition coefficient (Wildman–Crippen LogP) is 2.55. The first kappa shape index (κ1) is 12.9. The molecule has 0 aliphatic rings. The van der Waals surface area contributed by atoms with E-state index in [2.05, 4.69) is 15.3 Å². The summed E-state index contributed by atoms with van der Waals surface area (Å²) in [4.78, 5) is 20.1. The zero-order valence-electron chi connectivity index (χ0n) is 10.1. The third kappa shape index (κ3) is 3.75. The molecule has 6 heteroatoms. The lowest BCUT2D eigenvalue weighted by Gasteiger charge is -1.97. The molecule has 0 unspecified atom stereocenters. The van der Waals surface area contributed by atoms with Gasteiger partial charge in [0, 0.05) is 22.5 Å². The highest BCUT2D eigenvalue weighted by Crippen LogP contribution is 2.09. The molecule has 0 aliphatic carbocycles. The summed E-state index contributed by atoms with van der Waals surface area (Å²) in [5.74, 6) is -0.131. The average Bonchev–Trinajstić information content (AvgIpc) is 2.93. The Labute approximate surface area is 113 Å². The van der Waals surface area contributed by atoms with Crippen LogP contribution in [0.1, 0.15) is 21.4 Å². The lowest BCUT2D eigenvalue weighted by Crippen LogP contribution is -2.20. The summed E-state index contributed by atoms with van der Waals surface area (Å²) >= 11 is 3.12. The molecule has 2 rings (SSSR count). The topological polar surface area (TPSA) is 54.9 Å². The summed E-state index contributed by atoms with van der Waals surface area (Å²) in [7, 11) is 0. The van der Waals surface area contributed by atoms with Crippen LogP contribution >= 0.6 is 22.7 Å². The zero-order valence-corrected chi connectivity index (χ0v) is 11.8. The maximum atomic E-state index is 11.6. The number of carbonyl (C=O) groups is 1. The van der Waals surface area contributed by atoms with E-state index < -0.39 is 0 Å². The summed E-state index contributed by atoms with van der Waals surface area (Å²) in [6, 6.07) is 0. The molecule has 94 valence electrons. The SMILES string of the molecule is Cc1csc(CNC(=O)C=Cc2csc(C)n2)n1. The van der Waals surface area contributed by atoms with Crippen LogP contribution in [0.2, 0.25) is 0 Å². The van der Waals surface area contributed by atoms with Gasteiger partial charge in [-0.25, -0.2) is 9.97 Å². The number of hydrogen-bond donors (Lipinski definition) is 1. The van der Waals surface area contributed by atoms with E-state index >= 15 is 0 Å². The van der Waals surface area contributed by atoms with Crippen molar-refractivity contribution in [3.8, 4) is 0 Å². The molecule has 0 saturated carbocycles. The molecule has 4 nitrogen and oxygen atoms in total. The Morgan fingerprint density at radius 3 is 2.78 bits per heavy atom. The molecule has 0 aromatic carbocycles. The smallest absolute Gasteiger partial charge is 0.244 e. The molecule has 0 atom stereocenters. The summed E-state index contributed by atoms with van der Waals surface area (Å²) < 4.78 is 0. The first-order valence-corrected chi connectivity index (χ1v) is 7.18. The molecule has 0 aliphatic heterocycles. The molecular weight excluding hydrogens is 266 g/mol. The van der Waals surface area contributed by atoms with Crippen LogP contribution in [0.4, 0.5) is 0 Å². The third-order valence-corrected chi connectivity index (χ3v) is 3.88. The first-order valence-electron chi connectivity index (χ1n) is 5.42. The van der Waals surface area contributed by atoms with E-state index in [0.29, 0.717) is 6.54 Å². The molecular formula is C12H13N3OS2. The number of nitrogens with zero attached hydrogens (tertiary/aromatic N) is 2. The largest absolute Gasteiger partial charge is 0.346 e. The van der Waals surface area contributed by atoms with Crippen LogP contribution in [0.3, 0.4) is 0 Å². The molecule has 1 N–H and O–H groups in total. The Kier molecular flexibility index (Phi) is 4.22. The minimum absolute atomic E-state index is 0.131. The fourth-order valence-electron chi connectivity index (χ4n) is 1.32. The van der Waals surface area contributed by atoms with E-state index in [0.717, 1.165) is 21.4 Å². The van der Waals surface area contributed by atoms with Crippen LogP contribution in [-0.4, -0.2) is 15.9 Å². The Morgan fingerprint density at radius 1 is 1.33 bits per heavy atom. The molecule has 2 aromatic heterocycles.